The number of aromatic nitrogens is 2. The molecule has 62 heavy (non-hydrogen) atoms. The molecule has 0 fully saturated rings. The summed E-state index contributed by atoms with van der Waals surface area (Å²) in [6, 6.07) is 68.9. The van der Waals surface area contributed by atoms with Crippen molar-refractivity contribution in [3.63, 3.8) is 0 Å². The van der Waals surface area contributed by atoms with E-state index >= 15 is 0 Å². The molecule has 0 aliphatic carbocycles. The van der Waals surface area contributed by atoms with Gasteiger partial charge in [-0.25, -0.2) is 16.8 Å². The van der Waals surface area contributed by atoms with Crippen LogP contribution in [0.15, 0.2) is 238 Å². The van der Waals surface area contributed by atoms with E-state index in [4.69, 9.17) is 0 Å². The minimum atomic E-state index is -4.06. The van der Waals surface area contributed by atoms with Crippen molar-refractivity contribution in [2.45, 2.75) is 19.6 Å². The van der Waals surface area contributed by atoms with Crippen molar-refractivity contribution in [1.29, 1.82) is 0 Å². The van der Waals surface area contributed by atoms with Crippen LogP contribution in [-0.2, 0) is 19.7 Å². The van der Waals surface area contributed by atoms with Crippen molar-refractivity contribution in [3.8, 4) is 33.6 Å². The highest BCUT2D eigenvalue weighted by atomic mass is 32.2. The Bertz CT molecular complexity index is 3500. The fourth-order valence-electron chi connectivity index (χ4n) is 8.75. The van der Waals surface area contributed by atoms with E-state index in [1.807, 2.05) is 60.7 Å². The first-order chi connectivity index (χ1) is 30.3. The van der Waals surface area contributed by atoms with Crippen LogP contribution in [0.4, 0.5) is 0 Å². The molecule has 0 radical (unpaired) electrons. The highest BCUT2D eigenvalue weighted by Crippen LogP contribution is 2.37. The van der Waals surface area contributed by atoms with Gasteiger partial charge in [-0.05, 0) is 125 Å². The summed E-state index contributed by atoms with van der Waals surface area (Å²) in [6.07, 6.45) is 0. The standard InChI is InChI=1S/C54H36N2O4S2/c57-61(58,43-28-22-37(23-29-43)39-26-32-53-49(34-39)47-18-7-9-20-51(47)55(53)41-12-3-1-4-13-41)45-16-11-17-46(36-45)62(59,60)44-30-24-38(25-31-44)40-27-33-54-50(35-40)48-19-8-10-21-52(48)56(54)42-14-5-2-6-15-42/h1-36H. The molecule has 0 saturated carbocycles. The Morgan fingerprint density at radius 2 is 0.613 bits per heavy atom. The van der Waals surface area contributed by atoms with Crippen molar-refractivity contribution >= 4 is 63.3 Å². The summed E-state index contributed by atoms with van der Waals surface area (Å²) >= 11 is 0. The van der Waals surface area contributed by atoms with Gasteiger partial charge in [0.1, 0.15) is 0 Å². The van der Waals surface area contributed by atoms with Gasteiger partial charge < -0.3 is 9.13 Å². The fraction of sp³-hybridized carbons (Fsp3) is 0. The average molecular weight is 841 g/mol. The zero-order valence-corrected chi connectivity index (χ0v) is 34.8. The van der Waals surface area contributed by atoms with Crippen molar-refractivity contribution in [2.75, 3.05) is 0 Å². The van der Waals surface area contributed by atoms with E-state index in [1.165, 1.54) is 24.3 Å². The van der Waals surface area contributed by atoms with Gasteiger partial charge in [-0.15, -0.1) is 0 Å². The average Bonchev–Trinajstić information content (AvgIpc) is 3.84. The number of fused-ring (bicyclic) bond motifs is 6. The molecule has 2 heterocycles. The minimum Gasteiger partial charge on any atom is -0.309 e. The first kappa shape index (κ1) is 37.5. The second-order valence-electron chi connectivity index (χ2n) is 15.4. The topological polar surface area (TPSA) is 78.1 Å². The van der Waals surface area contributed by atoms with Crippen molar-refractivity contribution in [2.24, 2.45) is 0 Å². The zero-order chi connectivity index (χ0) is 42.0. The molecule has 6 nitrogen and oxygen atoms in total. The zero-order valence-electron chi connectivity index (χ0n) is 33.1. The van der Waals surface area contributed by atoms with E-state index in [1.54, 1.807) is 48.5 Å². The maximum atomic E-state index is 14.0. The van der Waals surface area contributed by atoms with Crippen molar-refractivity contribution < 1.29 is 16.8 Å². The van der Waals surface area contributed by atoms with Crippen LogP contribution in [0.3, 0.4) is 0 Å². The summed E-state index contributed by atoms with van der Waals surface area (Å²) in [5.74, 6) is 0. The third-order valence-corrected chi connectivity index (χ3v) is 15.3. The molecule has 9 aromatic carbocycles. The molecule has 11 aromatic rings. The van der Waals surface area contributed by atoms with E-state index in [2.05, 4.69) is 94.1 Å². The van der Waals surface area contributed by atoms with E-state index < -0.39 is 19.7 Å². The van der Waals surface area contributed by atoms with Crippen LogP contribution in [-0.4, -0.2) is 26.0 Å². The van der Waals surface area contributed by atoms with Gasteiger partial charge in [-0.2, -0.15) is 0 Å². The SMILES string of the molecule is O=S(=O)(c1ccc(-c2ccc3c(c2)c2ccccc2n3-c2ccccc2)cc1)c1cccc(S(=O)(=O)c2ccc(-c3ccc4c(c3)c3ccccc3n4-c3ccccc3)cc2)c1. The molecule has 0 saturated heterocycles. The van der Waals surface area contributed by atoms with Gasteiger partial charge in [0, 0.05) is 32.9 Å². The van der Waals surface area contributed by atoms with Crippen molar-refractivity contribution in [1.82, 2.24) is 9.13 Å². The number of hydrogen-bond donors (Lipinski definition) is 0. The van der Waals surface area contributed by atoms with Crippen LogP contribution in [0.5, 0.6) is 0 Å². The predicted molar refractivity (Wildman–Crippen MR) is 250 cm³/mol. The Morgan fingerprint density at radius 1 is 0.258 bits per heavy atom. The Morgan fingerprint density at radius 3 is 1.03 bits per heavy atom. The maximum absolute atomic E-state index is 14.0. The van der Waals surface area contributed by atoms with E-state index in [0.717, 1.165) is 77.2 Å². The summed E-state index contributed by atoms with van der Waals surface area (Å²) < 4.78 is 60.6. The number of hydrogen-bond acceptors (Lipinski definition) is 4. The van der Waals surface area contributed by atoms with Gasteiger partial charge in [0.15, 0.2) is 0 Å². The second kappa shape index (κ2) is 14.6. The van der Waals surface area contributed by atoms with Gasteiger partial charge in [0.25, 0.3) is 0 Å². The summed E-state index contributed by atoms with van der Waals surface area (Å²) in [6.45, 7) is 0. The fourth-order valence-corrected chi connectivity index (χ4v) is 11.4. The smallest absolute Gasteiger partial charge is 0.206 e. The molecule has 8 heteroatoms. The van der Waals surface area contributed by atoms with Crippen LogP contribution in [0.1, 0.15) is 0 Å². The van der Waals surface area contributed by atoms with Gasteiger partial charge in [0.2, 0.25) is 19.7 Å². The molecule has 11 rings (SSSR count). The predicted octanol–water partition coefficient (Wildman–Crippen LogP) is 12.9. The lowest BCUT2D eigenvalue weighted by Crippen LogP contribution is -2.06. The molecule has 0 aliphatic heterocycles. The lowest BCUT2D eigenvalue weighted by molar-refractivity contribution is 0.594. The molecule has 0 atom stereocenters. The Balaban J connectivity index is 0.871. The van der Waals surface area contributed by atoms with Gasteiger partial charge >= 0.3 is 0 Å². The summed E-state index contributed by atoms with van der Waals surface area (Å²) in [7, 11) is -8.11. The highest BCUT2D eigenvalue weighted by molar-refractivity contribution is 7.92. The Labute approximate surface area is 359 Å². The molecule has 0 N–H and O–H groups in total. The lowest BCUT2D eigenvalue weighted by Gasteiger charge is -2.11. The van der Waals surface area contributed by atoms with Gasteiger partial charge in [-0.3, -0.25) is 0 Å². The van der Waals surface area contributed by atoms with E-state index in [0.29, 0.717) is 0 Å². The Kier molecular flexibility index (Phi) is 8.82. The van der Waals surface area contributed by atoms with Crippen molar-refractivity contribution in [3.05, 3.63) is 218 Å². The molecule has 298 valence electrons. The number of para-hydroxylation sites is 4. The number of rotatable bonds is 8. The third-order valence-electron chi connectivity index (χ3n) is 11.8. The first-order valence-electron chi connectivity index (χ1n) is 20.2. The third kappa shape index (κ3) is 6.14. The summed E-state index contributed by atoms with van der Waals surface area (Å²) in [4.78, 5) is -0.0429. The molecule has 0 unspecified atom stereocenters. The molecule has 0 amide bonds. The molecule has 0 aliphatic rings. The van der Waals surface area contributed by atoms with Gasteiger partial charge in [0.05, 0.1) is 41.6 Å². The normalized spacial score (nSPS) is 12.1. The number of benzene rings is 9. The van der Waals surface area contributed by atoms with Gasteiger partial charge in [-0.1, -0.05) is 115 Å². The molecular formula is C54H36N2O4S2. The molecular weight excluding hydrogens is 805 g/mol. The maximum Gasteiger partial charge on any atom is 0.206 e. The largest absolute Gasteiger partial charge is 0.309 e. The summed E-state index contributed by atoms with van der Waals surface area (Å²) in [5.41, 5.74) is 10.1. The number of sulfone groups is 2. The van der Waals surface area contributed by atoms with E-state index in [9.17, 15) is 16.8 Å². The monoisotopic (exact) mass is 840 g/mol. The Hall–Kier alpha value is -7.52. The van der Waals surface area contributed by atoms with Crippen LogP contribution in [0.2, 0.25) is 0 Å². The highest BCUT2D eigenvalue weighted by Gasteiger charge is 2.24. The first-order valence-corrected chi connectivity index (χ1v) is 23.2. The second-order valence-corrected chi connectivity index (χ2v) is 19.3. The quantitative estimate of drug-likeness (QED) is 0.153. The molecule has 2 aromatic heterocycles. The van der Waals surface area contributed by atoms with Crippen LogP contribution in [0.25, 0.3) is 77.2 Å². The molecule has 0 bridgehead atoms. The van der Waals surface area contributed by atoms with Crippen LogP contribution < -0.4 is 0 Å². The molecule has 0 spiro atoms. The summed E-state index contributed by atoms with van der Waals surface area (Å²) in [5, 5.41) is 4.44. The number of nitrogens with zero attached hydrogens (tertiary/aromatic N) is 2. The minimum absolute atomic E-state index is 0.0748. The van der Waals surface area contributed by atoms with Crippen LogP contribution >= 0.6 is 0 Å². The lowest BCUT2D eigenvalue weighted by atomic mass is 10.0. The van der Waals surface area contributed by atoms with Crippen LogP contribution in [0, 0.1) is 0 Å². The van der Waals surface area contributed by atoms with E-state index in [-0.39, 0.29) is 19.6 Å².